The summed E-state index contributed by atoms with van der Waals surface area (Å²) >= 11 is 5.68. The molecular weight excluding hydrogens is 382 g/mol. The fourth-order valence-electron chi connectivity index (χ4n) is 6.00. The third-order valence-corrected chi connectivity index (χ3v) is 6.92. The number of benzene rings is 1. The Morgan fingerprint density at radius 3 is 2.41 bits per heavy atom. The van der Waals surface area contributed by atoms with E-state index in [1.807, 2.05) is 24.3 Å². The predicted molar refractivity (Wildman–Crippen MR) is 117 cm³/mol. The molecule has 4 aliphatic rings. The predicted octanol–water partition coefficient (Wildman–Crippen LogP) is 4.31. The highest BCUT2D eigenvalue weighted by Gasteiger charge is 2.51. The Kier molecular flexibility index (Phi) is 4.94. The van der Waals surface area contributed by atoms with Gasteiger partial charge >= 0.3 is 6.01 Å². The van der Waals surface area contributed by atoms with Gasteiger partial charge in [0.2, 0.25) is 0 Å². The average molecular weight is 412 g/mol. The van der Waals surface area contributed by atoms with Gasteiger partial charge in [0, 0.05) is 11.2 Å². The van der Waals surface area contributed by atoms with Gasteiger partial charge in [0.25, 0.3) is 0 Å². The zero-order valence-electron chi connectivity index (χ0n) is 16.9. The number of aromatic nitrogens is 3. The van der Waals surface area contributed by atoms with E-state index in [1.54, 1.807) is 11.0 Å². The fraction of sp³-hybridized carbons (Fsp3) is 0.591. The van der Waals surface area contributed by atoms with Crippen LogP contribution >= 0.6 is 12.2 Å². The number of hydrogen-bond acceptors (Lipinski definition) is 4. The minimum Gasteiger partial charge on any atom is -0.462 e. The molecule has 1 heterocycles. The molecule has 4 aliphatic carbocycles. The van der Waals surface area contributed by atoms with E-state index in [0.717, 1.165) is 40.7 Å². The molecule has 2 aromatic rings. The summed E-state index contributed by atoms with van der Waals surface area (Å²) in [5.74, 6) is 2.72. The number of anilines is 1. The third kappa shape index (κ3) is 3.97. The van der Waals surface area contributed by atoms with Crippen molar-refractivity contribution < 1.29 is 4.74 Å². The number of rotatable bonds is 6. The van der Waals surface area contributed by atoms with Gasteiger partial charge in [0.15, 0.2) is 5.11 Å². The quantitative estimate of drug-likeness (QED) is 0.691. The molecule has 0 spiro atoms. The molecule has 4 bridgehead atoms. The zero-order chi connectivity index (χ0) is 19.8. The summed E-state index contributed by atoms with van der Waals surface area (Å²) in [6.45, 7) is 2.69. The molecule has 0 radical (unpaired) electrons. The Morgan fingerprint density at radius 1 is 1.14 bits per heavy atom. The second-order valence-electron chi connectivity index (χ2n) is 9.14. The standard InChI is InChI=1S/C22H29N5OS/c1-2-7-28-20-23-14-27(26-20)19-5-3-18(4-6-19)24-21(29)25-22-11-15-8-16(12-22)10-17(9-15)13-22/h3-6,14-17H,2,7-13H2,1H3,(H2,24,25,29). The number of thiocarbonyl (C=S) groups is 1. The van der Waals surface area contributed by atoms with Crippen molar-refractivity contribution in [2.75, 3.05) is 11.9 Å². The van der Waals surface area contributed by atoms with E-state index in [9.17, 15) is 0 Å². The molecule has 4 saturated carbocycles. The monoisotopic (exact) mass is 411 g/mol. The van der Waals surface area contributed by atoms with Crippen LogP contribution in [0.4, 0.5) is 5.69 Å². The van der Waals surface area contributed by atoms with E-state index >= 15 is 0 Å². The third-order valence-electron chi connectivity index (χ3n) is 6.71. The lowest BCUT2D eigenvalue weighted by molar-refractivity contribution is -0.00972. The summed E-state index contributed by atoms with van der Waals surface area (Å²) in [5, 5.41) is 12.2. The van der Waals surface area contributed by atoms with Crippen molar-refractivity contribution in [2.24, 2.45) is 17.8 Å². The second kappa shape index (κ2) is 7.59. The number of nitrogens with one attached hydrogen (secondary N) is 2. The highest BCUT2D eigenvalue weighted by molar-refractivity contribution is 7.80. The molecule has 154 valence electrons. The minimum atomic E-state index is 0.231. The van der Waals surface area contributed by atoms with Crippen molar-refractivity contribution in [3.8, 4) is 11.7 Å². The van der Waals surface area contributed by atoms with Crippen LogP contribution in [0.1, 0.15) is 51.9 Å². The van der Waals surface area contributed by atoms with E-state index < -0.39 is 0 Å². The van der Waals surface area contributed by atoms with Gasteiger partial charge in [-0.1, -0.05) is 6.92 Å². The Morgan fingerprint density at radius 2 is 1.79 bits per heavy atom. The van der Waals surface area contributed by atoms with Gasteiger partial charge in [0.05, 0.1) is 12.3 Å². The molecule has 2 N–H and O–H groups in total. The molecule has 0 aliphatic heterocycles. The van der Waals surface area contributed by atoms with Crippen molar-refractivity contribution in [3.05, 3.63) is 30.6 Å². The molecule has 29 heavy (non-hydrogen) atoms. The Labute approximate surface area is 177 Å². The van der Waals surface area contributed by atoms with Crippen molar-refractivity contribution in [2.45, 2.75) is 57.4 Å². The van der Waals surface area contributed by atoms with Crippen molar-refractivity contribution in [3.63, 3.8) is 0 Å². The molecule has 4 fully saturated rings. The first-order chi connectivity index (χ1) is 14.1. The molecule has 0 atom stereocenters. The van der Waals surface area contributed by atoms with Gasteiger partial charge in [-0.2, -0.15) is 4.98 Å². The van der Waals surface area contributed by atoms with Crippen LogP contribution in [0.15, 0.2) is 30.6 Å². The van der Waals surface area contributed by atoms with Gasteiger partial charge in [0.1, 0.15) is 6.33 Å². The lowest BCUT2D eigenvalue weighted by Gasteiger charge is -2.57. The number of nitrogens with zero attached hydrogens (tertiary/aromatic N) is 3. The average Bonchev–Trinajstić information content (AvgIpc) is 3.14. The molecule has 7 heteroatoms. The molecule has 0 saturated heterocycles. The van der Waals surface area contributed by atoms with Crippen LogP contribution in [-0.2, 0) is 0 Å². The summed E-state index contributed by atoms with van der Waals surface area (Å²) in [6, 6.07) is 8.48. The first-order valence-electron chi connectivity index (χ1n) is 10.8. The first-order valence-corrected chi connectivity index (χ1v) is 11.3. The maximum atomic E-state index is 5.68. The van der Waals surface area contributed by atoms with E-state index in [2.05, 4.69) is 27.6 Å². The van der Waals surface area contributed by atoms with Crippen LogP contribution in [0.3, 0.4) is 0 Å². The van der Waals surface area contributed by atoms with E-state index in [1.165, 1.54) is 38.5 Å². The molecule has 6 rings (SSSR count). The highest BCUT2D eigenvalue weighted by atomic mass is 32.1. The van der Waals surface area contributed by atoms with Crippen LogP contribution in [0, 0.1) is 17.8 Å². The van der Waals surface area contributed by atoms with E-state index in [-0.39, 0.29) is 5.54 Å². The van der Waals surface area contributed by atoms with Crippen LogP contribution in [0.25, 0.3) is 5.69 Å². The molecule has 0 amide bonds. The number of ether oxygens (including phenoxy) is 1. The SMILES string of the molecule is CCCOc1ncn(-c2ccc(NC(=S)NC34CC5CC(CC(C5)C3)C4)cc2)n1. The maximum absolute atomic E-state index is 5.68. The summed E-state index contributed by atoms with van der Waals surface area (Å²) < 4.78 is 7.19. The van der Waals surface area contributed by atoms with Crippen LogP contribution in [0.2, 0.25) is 0 Å². The topological polar surface area (TPSA) is 64.0 Å². The molecule has 1 aromatic heterocycles. The summed E-state index contributed by atoms with van der Waals surface area (Å²) in [6.07, 6.45) is 10.8. The number of hydrogen-bond donors (Lipinski definition) is 2. The van der Waals surface area contributed by atoms with Crippen molar-refractivity contribution >= 4 is 23.0 Å². The van der Waals surface area contributed by atoms with E-state index in [0.29, 0.717) is 12.6 Å². The molecule has 0 unspecified atom stereocenters. The van der Waals surface area contributed by atoms with Gasteiger partial charge in [-0.05, 0) is 99.2 Å². The lowest BCUT2D eigenvalue weighted by atomic mass is 9.53. The zero-order valence-corrected chi connectivity index (χ0v) is 17.8. The maximum Gasteiger partial charge on any atom is 0.335 e. The first kappa shape index (κ1) is 18.9. The fourth-order valence-corrected chi connectivity index (χ4v) is 6.33. The Hall–Kier alpha value is -2.15. The van der Waals surface area contributed by atoms with Gasteiger partial charge in [-0.3, -0.25) is 0 Å². The smallest absolute Gasteiger partial charge is 0.335 e. The van der Waals surface area contributed by atoms with Crippen LogP contribution in [-0.4, -0.2) is 32.0 Å². The summed E-state index contributed by atoms with van der Waals surface area (Å²) in [5.41, 5.74) is 2.15. The molecule has 1 aromatic carbocycles. The summed E-state index contributed by atoms with van der Waals surface area (Å²) in [4.78, 5) is 4.19. The largest absolute Gasteiger partial charge is 0.462 e. The Balaban J connectivity index is 1.20. The van der Waals surface area contributed by atoms with Crippen LogP contribution < -0.4 is 15.4 Å². The minimum absolute atomic E-state index is 0.231. The van der Waals surface area contributed by atoms with Gasteiger partial charge < -0.3 is 15.4 Å². The van der Waals surface area contributed by atoms with Crippen molar-refractivity contribution in [1.29, 1.82) is 0 Å². The normalized spacial score (nSPS) is 29.6. The second-order valence-corrected chi connectivity index (χ2v) is 9.55. The molecular formula is C22H29N5OS. The Bertz CT molecular complexity index is 842. The van der Waals surface area contributed by atoms with Gasteiger partial charge in [-0.25, -0.2) is 4.68 Å². The lowest BCUT2D eigenvalue weighted by Crippen LogP contribution is -2.60. The summed E-state index contributed by atoms with van der Waals surface area (Å²) in [7, 11) is 0. The van der Waals surface area contributed by atoms with E-state index in [4.69, 9.17) is 17.0 Å². The van der Waals surface area contributed by atoms with Crippen LogP contribution in [0.5, 0.6) is 6.01 Å². The molecule has 6 nitrogen and oxygen atoms in total. The highest BCUT2D eigenvalue weighted by Crippen LogP contribution is 2.55. The van der Waals surface area contributed by atoms with Gasteiger partial charge in [-0.15, -0.1) is 5.10 Å². The van der Waals surface area contributed by atoms with Crippen molar-refractivity contribution in [1.82, 2.24) is 20.1 Å².